The number of carboxylic acid groups (broad SMARTS) is 1. The molecule has 9 heteroatoms. The summed E-state index contributed by atoms with van der Waals surface area (Å²) in [6.45, 7) is 3.53. The van der Waals surface area contributed by atoms with Crippen molar-refractivity contribution >= 4 is 18.0 Å². The fourth-order valence-corrected chi connectivity index (χ4v) is 3.11. The molecule has 0 spiro atoms. The summed E-state index contributed by atoms with van der Waals surface area (Å²) in [5, 5.41) is 17.5. The minimum Gasteiger partial charge on any atom is -0.493 e. The van der Waals surface area contributed by atoms with Crippen LogP contribution in [0.2, 0.25) is 0 Å². The molecule has 1 aliphatic heterocycles. The second-order valence-corrected chi connectivity index (χ2v) is 6.35. The smallest absolute Gasteiger partial charge is 0.328 e. The van der Waals surface area contributed by atoms with Gasteiger partial charge in [-0.2, -0.15) is 0 Å². The van der Waals surface area contributed by atoms with E-state index in [4.69, 9.17) is 9.47 Å². The van der Waals surface area contributed by atoms with E-state index in [1.54, 1.807) is 23.6 Å². The average Bonchev–Trinajstić information content (AvgIpc) is 3.05. The molecular weight excluding hydrogens is 364 g/mol. The molecule has 3 rings (SSSR count). The molecule has 2 heterocycles. The number of aryl methyl sites for hydroxylation is 1. The predicted molar refractivity (Wildman–Crippen MR) is 99.9 cm³/mol. The van der Waals surface area contributed by atoms with Gasteiger partial charge >= 0.3 is 5.97 Å². The molecule has 1 aliphatic rings. The lowest BCUT2D eigenvalue weighted by Crippen LogP contribution is -2.52. The number of allylic oxidation sites excluding steroid dienone is 1. The van der Waals surface area contributed by atoms with Crippen LogP contribution in [0.25, 0.3) is 6.08 Å². The lowest BCUT2D eigenvalue weighted by atomic mass is 10.2. The molecule has 0 aliphatic carbocycles. The Kier molecular flexibility index (Phi) is 5.62. The number of amides is 1. The number of rotatable bonds is 6. The molecule has 1 aromatic heterocycles. The fraction of sp³-hybridized carbons (Fsp3) is 0.368. The Bertz CT molecular complexity index is 921. The van der Waals surface area contributed by atoms with E-state index in [9.17, 15) is 14.7 Å². The number of carbonyl (C=O) groups is 2. The van der Waals surface area contributed by atoms with Gasteiger partial charge in [0.25, 0.3) is 5.91 Å². The summed E-state index contributed by atoms with van der Waals surface area (Å²) >= 11 is 0. The van der Waals surface area contributed by atoms with Crippen LogP contribution < -0.4 is 9.47 Å². The van der Waals surface area contributed by atoms with Gasteiger partial charge in [0, 0.05) is 0 Å². The van der Waals surface area contributed by atoms with Crippen LogP contribution in [0.5, 0.6) is 11.5 Å². The van der Waals surface area contributed by atoms with Crippen LogP contribution in [-0.4, -0.2) is 56.4 Å². The monoisotopic (exact) mass is 386 g/mol. The highest BCUT2D eigenvalue weighted by Gasteiger charge is 2.36. The summed E-state index contributed by atoms with van der Waals surface area (Å²) in [7, 11) is 1.52. The first kappa shape index (κ1) is 19.4. The van der Waals surface area contributed by atoms with Crippen LogP contribution in [0.3, 0.4) is 0 Å². The van der Waals surface area contributed by atoms with Gasteiger partial charge in [0.15, 0.2) is 23.9 Å². The minimum absolute atomic E-state index is 0.0668. The molecule has 1 unspecified atom stereocenters. The molecule has 9 nitrogen and oxygen atoms in total. The molecule has 0 saturated carbocycles. The van der Waals surface area contributed by atoms with Crippen molar-refractivity contribution < 1.29 is 24.2 Å². The van der Waals surface area contributed by atoms with E-state index in [0.717, 1.165) is 5.56 Å². The number of carboxylic acids is 1. The molecule has 148 valence electrons. The van der Waals surface area contributed by atoms with Crippen LogP contribution in [0.4, 0.5) is 0 Å². The zero-order valence-electron chi connectivity index (χ0n) is 16.0. The maximum Gasteiger partial charge on any atom is 0.328 e. The van der Waals surface area contributed by atoms with Crippen LogP contribution in [0.15, 0.2) is 24.3 Å². The summed E-state index contributed by atoms with van der Waals surface area (Å²) in [4.78, 5) is 25.6. The van der Waals surface area contributed by atoms with Crippen molar-refractivity contribution in [3.63, 3.8) is 0 Å². The third-order valence-electron chi connectivity index (χ3n) is 4.56. The van der Waals surface area contributed by atoms with Crippen LogP contribution in [-0.2, 0) is 22.7 Å². The van der Waals surface area contributed by atoms with Gasteiger partial charge in [-0.05, 0) is 31.5 Å². The molecule has 28 heavy (non-hydrogen) atoms. The Balaban J connectivity index is 1.74. The van der Waals surface area contributed by atoms with Crippen molar-refractivity contribution in [1.82, 2.24) is 19.7 Å². The topological polar surface area (TPSA) is 107 Å². The van der Waals surface area contributed by atoms with Crippen molar-refractivity contribution in [2.45, 2.75) is 33.0 Å². The van der Waals surface area contributed by atoms with Gasteiger partial charge in [-0.1, -0.05) is 18.2 Å². The Labute approximate surface area is 162 Å². The predicted octanol–water partition coefficient (Wildman–Crippen LogP) is 1.50. The highest BCUT2D eigenvalue weighted by atomic mass is 16.5. The molecule has 1 N–H and O–H groups in total. The van der Waals surface area contributed by atoms with Crippen molar-refractivity contribution in [3.05, 3.63) is 41.5 Å². The van der Waals surface area contributed by atoms with Gasteiger partial charge in [-0.3, -0.25) is 4.79 Å². The second-order valence-electron chi connectivity index (χ2n) is 6.35. The maximum absolute atomic E-state index is 12.7. The first-order chi connectivity index (χ1) is 13.4. The quantitative estimate of drug-likeness (QED) is 0.802. The minimum atomic E-state index is -1.08. The SMILES string of the molecule is C/C=C/c1ccc(OCC(=O)N2Cc3nnc(C)n3CC2C(=O)O)c(OC)c1. The van der Waals surface area contributed by atoms with E-state index in [2.05, 4.69) is 10.2 Å². The van der Waals surface area contributed by atoms with Crippen molar-refractivity contribution in [3.8, 4) is 11.5 Å². The number of hydrogen-bond donors (Lipinski definition) is 1. The Hall–Kier alpha value is -3.36. The Morgan fingerprint density at radius 1 is 1.32 bits per heavy atom. The number of methoxy groups -OCH3 is 1. The van der Waals surface area contributed by atoms with E-state index < -0.39 is 17.9 Å². The fourth-order valence-electron chi connectivity index (χ4n) is 3.11. The van der Waals surface area contributed by atoms with Crippen molar-refractivity contribution in [1.29, 1.82) is 0 Å². The number of hydrogen-bond acceptors (Lipinski definition) is 6. The molecule has 0 fully saturated rings. The first-order valence-electron chi connectivity index (χ1n) is 8.79. The van der Waals surface area contributed by atoms with Crippen LogP contribution in [0.1, 0.15) is 24.1 Å². The number of ether oxygens (including phenoxy) is 2. The highest BCUT2D eigenvalue weighted by molar-refractivity contribution is 5.84. The summed E-state index contributed by atoms with van der Waals surface area (Å²) in [5.74, 6) is 0.547. The summed E-state index contributed by atoms with van der Waals surface area (Å²) < 4.78 is 12.7. The number of benzene rings is 1. The Morgan fingerprint density at radius 2 is 2.11 bits per heavy atom. The van der Waals surface area contributed by atoms with Crippen molar-refractivity contribution in [2.75, 3.05) is 13.7 Å². The van der Waals surface area contributed by atoms with Gasteiger partial charge in [-0.15, -0.1) is 10.2 Å². The summed E-state index contributed by atoms with van der Waals surface area (Å²) in [6.07, 6.45) is 3.82. The molecule has 0 radical (unpaired) electrons. The van der Waals surface area contributed by atoms with Gasteiger partial charge in [0.2, 0.25) is 0 Å². The third kappa shape index (κ3) is 3.83. The van der Waals surface area contributed by atoms with E-state index >= 15 is 0 Å². The van der Waals surface area contributed by atoms with Gasteiger partial charge < -0.3 is 24.0 Å². The molecule has 1 aromatic carbocycles. The maximum atomic E-state index is 12.7. The zero-order valence-corrected chi connectivity index (χ0v) is 16.0. The van der Waals surface area contributed by atoms with E-state index in [0.29, 0.717) is 23.1 Å². The molecular formula is C19H22N4O5. The lowest BCUT2D eigenvalue weighted by molar-refractivity contribution is -0.153. The number of carbonyl (C=O) groups excluding carboxylic acids is 1. The molecule has 1 amide bonds. The molecule has 1 atom stereocenters. The second kappa shape index (κ2) is 8.12. The van der Waals surface area contributed by atoms with E-state index in [1.807, 2.05) is 25.1 Å². The van der Waals surface area contributed by atoms with Crippen molar-refractivity contribution in [2.24, 2.45) is 0 Å². The molecule has 2 aromatic rings. The van der Waals surface area contributed by atoms with Crippen LogP contribution >= 0.6 is 0 Å². The lowest BCUT2D eigenvalue weighted by Gasteiger charge is -2.33. The largest absolute Gasteiger partial charge is 0.493 e. The molecule has 0 saturated heterocycles. The average molecular weight is 386 g/mol. The van der Waals surface area contributed by atoms with Gasteiger partial charge in [0.05, 0.1) is 20.2 Å². The molecule has 0 bridgehead atoms. The van der Waals surface area contributed by atoms with Gasteiger partial charge in [-0.25, -0.2) is 4.79 Å². The third-order valence-corrected chi connectivity index (χ3v) is 4.56. The normalized spacial score (nSPS) is 16.1. The van der Waals surface area contributed by atoms with E-state index in [1.165, 1.54) is 12.0 Å². The van der Waals surface area contributed by atoms with Gasteiger partial charge in [0.1, 0.15) is 11.9 Å². The number of nitrogens with zero attached hydrogens (tertiary/aromatic N) is 4. The standard InChI is InChI=1S/C19H22N4O5/c1-4-5-13-6-7-15(16(8-13)27-3)28-11-18(24)23-10-17-21-20-12(2)22(17)9-14(23)19(25)26/h4-8,14H,9-11H2,1-3H3,(H,25,26)/b5-4+. The van der Waals surface area contributed by atoms with E-state index in [-0.39, 0.29) is 19.7 Å². The summed E-state index contributed by atoms with van der Waals surface area (Å²) in [6, 6.07) is 4.35. The van der Waals surface area contributed by atoms with Crippen LogP contribution in [0, 0.1) is 6.92 Å². The number of aromatic nitrogens is 3. The highest BCUT2D eigenvalue weighted by Crippen LogP contribution is 2.29. The number of fused-ring (bicyclic) bond motifs is 1. The Morgan fingerprint density at radius 3 is 2.79 bits per heavy atom. The summed E-state index contributed by atoms with van der Waals surface area (Å²) in [5.41, 5.74) is 0.940. The zero-order chi connectivity index (χ0) is 20.3. The number of aliphatic carboxylic acids is 1. The first-order valence-corrected chi connectivity index (χ1v) is 8.79.